The Morgan fingerprint density at radius 2 is 2.35 bits per heavy atom. The molecule has 0 saturated heterocycles. The van der Waals surface area contributed by atoms with Crippen molar-refractivity contribution < 1.29 is 14.6 Å². The molecule has 0 amide bonds. The van der Waals surface area contributed by atoms with E-state index in [2.05, 4.69) is 5.10 Å². The molecule has 1 atom stereocenters. The van der Waals surface area contributed by atoms with E-state index in [0.717, 1.165) is 0 Å². The molecule has 2 heterocycles. The van der Waals surface area contributed by atoms with E-state index in [4.69, 9.17) is 21.4 Å². The second kappa shape index (κ2) is 4.35. The van der Waals surface area contributed by atoms with Crippen LogP contribution in [0.5, 0.6) is 0 Å². The van der Waals surface area contributed by atoms with Crippen molar-refractivity contribution in [1.82, 2.24) is 9.61 Å². The van der Waals surface area contributed by atoms with E-state index in [1.807, 2.05) is 0 Å². The second-order valence-corrected chi connectivity index (χ2v) is 4.02. The van der Waals surface area contributed by atoms with Gasteiger partial charge in [0.1, 0.15) is 0 Å². The van der Waals surface area contributed by atoms with Crippen molar-refractivity contribution in [1.29, 1.82) is 0 Å². The average Bonchev–Trinajstić information content (AvgIpc) is 2.69. The van der Waals surface area contributed by atoms with Gasteiger partial charge in [-0.2, -0.15) is 5.10 Å². The van der Waals surface area contributed by atoms with Crippen molar-refractivity contribution in [3.8, 4) is 0 Å². The van der Waals surface area contributed by atoms with Crippen LogP contribution < -0.4 is 0 Å². The minimum Gasteiger partial charge on any atom is -0.478 e. The van der Waals surface area contributed by atoms with Crippen LogP contribution in [0, 0.1) is 0 Å². The van der Waals surface area contributed by atoms with E-state index in [1.54, 1.807) is 23.7 Å². The SMILES string of the molecule is CO[C@@H](C)c1c(C(=O)O)cnn2ccc(Cl)c12. The third kappa shape index (κ3) is 1.87. The lowest BCUT2D eigenvalue weighted by Gasteiger charge is -2.14. The molecule has 0 aliphatic carbocycles. The Morgan fingerprint density at radius 3 is 2.94 bits per heavy atom. The summed E-state index contributed by atoms with van der Waals surface area (Å²) in [6.45, 7) is 1.77. The molecular formula is C11H11ClN2O3. The van der Waals surface area contributed by atoms with E-state index in [1.165, 1.54) is 13.3 Å². The number of carboxylic acid groups (broad SMARTS) is 1. The Labute approximate surface area is 103 Å². The Hall–Kier alpha value is -1.59. The molecule has 5 nitrogen and oxygen atoms in total. The molecule has 6 heteroatoms. The fourth-order valence-corrected chi connectivity index (χ4v) is 2.01. The van der Waals surface area contributed by atoms with Crippen molar-refractivity contribution in [2.24, 2.45) is 0 Å². The quantitative estimate of drug-likeness (QED) is 0.913. The lowest BCUT2D eigenvalue weighted by atomic mass is 10.1. The van der Waals surface area contributed by atoms with Gasteiger partial charge in [-0.1, -0.05) is 11.6 Å². The molecule has 2 rings (SSSR count). The first-order valence-electron chi connectivity index (χ1n) is 4.98. The van der Waals surface area contributed by atoms with Gasteiger partial charge in [0.05, 0.1) is 28.4 Å². The molecule has 0 bridgehead atoms. The van der Waals surface area contributed by atoms with Gasteiger partial charge in [0.2, 0.25) is 0 Å². The van der Waals surface area contributed by atoms with Gasteiger partial charge >= 0.3 is 5.97 Å². The standard InChI is InChI=1S/C11H11ClN2O3/c1-6(17-2)9-7(11(15)16)5-13-14-4-3-8(12)10(9)14/h3-6H,1-2H3,(H,15,16)/t6-/m0/s1. The molecule has 0 aliphatic heterocycles. The minimum absolute atomic E-state index is 0.104. The smallest absolute Gasteiger partial charge is 0.337 e. The zero-order valence-corrected chi connectivity index (χ0v) is 10.1. The Bertz CT molecular complexity index is 579. The van der Waals surface area contributed by atoms with Gasteiger partial charge in [-0.25, -0.2) is 9.31 Å². The summed E-state index contributed by atoms with van der Waals surface area (Å²) >= 11 is 6.05. The third-order valence-corrected chi connectivity index (χ3v) is 2.97. The number of carboxylic acids is 1. The molecule has 17 heavy (non-hydrogen) atoms. The topological polar surface area (TPSA) is 63.8 Å². The number of fused-ring (bicyclic) bond motifs is 1. The van der Waals surface area contributed by atoms with Crippen LogP contribution in [-0.4, -0.2) is 27.8 Å². The first-order chi connectivity index (χ1) is 8.06. The summed E-state index contributed by atoms with van der Waals surface area (Å²) in [5.74, 6) is -1.05. The Morgan fingerprint density at radius 1 is 1.65 bits per heavy atom. The Balaban J connectivity index is 2.83. The molecule has 2 aromatic rings. The van der Waals surface area contributed by atoms with E-state index in [-0.39, 0.29) is 11.7 Å². The van der Waals surface area contributed by atoms with Crippen LogP contribution >= 0.6 is 11.6 Å². The third-order valence-electron chi connectivity index (χ3n) is 2.66. The number of ether oxygens (including phenoxy) is 1. The lowest BCUT2D eigenvalue weighted by Crippen LogP contribution is -2.10. The maximum Gasteiger partial charge on any atom is 0.337 e. The molecule has 90 valence electrons. The van der Waals surface area contributed by atoms with Crippen molar-refractivity contribution in [3.63, 3.8) is 0 Å². The van der Waals surface area contributed by atoms with Gasteiger partial charge in [-0.05, 0) is 13.0 Å². The summed E-state index contributed by atoms with van der Waals surface area (Å²) in [6.07, 6.45) is 2.60. The van der Waals surface area contributed by atoms with E-state index >= 15 is 0 Å². The highest BCUT2D eigenvalue weighted by atomic mass is 35.5. The van der Waals surface area contributed by atoms with E-state index < -0.39 is 5.97 Å². The highest BCUT2D eigenvalue weighted by Crippen LogP contribution is 2.30. The van der Waals surface area contributed by atoms with Gasteiger partial charge in [0, 0.05) is 18.9 Å². The fourth-order valence-electron chi connectivity index (χ4n) is 1.76. The van der Waals surface area contributed by atoms with Crippen LogP contribution in [0.3, 0.4) is 0 Å². The molecule has 0 spiro atoms. The maximum absolute atomic E-state index is 11.2. The summed E-state index contributed by atoms with van der Waals surface area (Å²) in [5.41, 5.74) is 1.21. The van der Waals surface area contributed by atoms with Crippen molar-refractivity contribution >= 4 is 23.1 Å². The van der Waals surface area contributed by atoms with Crippen molar-refractivity contribution in [2.45, 2.75) is 13.0 Å². The number of methoxy groups -OCH3 is 1. The van der Waals surface area contributed by atoms with Crippen LogP contribution in [-0.2, 0) is 4.74 Å². The van der Waals surface area contributed by atoms with Crippen molar-refractivity contribution in [3.05, 3.63) is 34.6 Å². The fraction of sp³-hybridized carbons (Fsp3) is 0.273. The number of carbonyl (C=O) groups is 1. The largest absolute Gasteiger partial charge is 0.478 e. The molecule has 0 radical (unpaired) electrons. The molecule has 2 aromatic heterocycles. The summed E-state index contributed by atoms with van der Waals surface area (Å²) in [6, 6.07) is 1.67. The molecule has 0 saturated carbocycles. The van der Waals surface area contributed by atoms with Crippen LogP contribution in [0.15, 0.2) is 18.5 Å². The monoisotopic (exact) mass is 254 g/mol. The zero-order valence-electron chi connectivity index (χ0n) is 9.35. The highest BCUT2D eigenvalue weighted by molar-refractivity contribution is 6.34. The average molecular weight is 255 g/mol. The number of hydrogen-bond donors (Lipinski definition) is 1. The van der Waals surface area contributed by atoms with Crippen LogP contribution in [0.2, 0.25) is 5.02 Å². The first kappa shape index (κ1) is 11.9. The highest BCUT2D eigenvalue weighted by Gasteiger charge is 2.21. The molecule has 0 aliphatic rings. The van der Waals surface area contributed by atoms with Gasteiger partial charge in [0.25, 0.3) is 0 Å². The molecule has 0 unspecified atom stereocenters. The molecule has 0 fully saturated rings. The van der Waals surface area contributed by atoms with Crippen LogP contribution in [0.4, 0.5) is 0 Å². The summed E-state index contributed by atoms with van der Waals surface area (Å²) in [4.78, 5) is 11.2. The van der Waals surface area contributed by atoms with E-state index in [0.29, 0.717) is 16.1 Å². The van der Waals surface area contributed by atoms with E-state index in [9.17, 15) is 4.79 Å². The first-order valence-corrected chi connectivity index (χ1v) is 5.36. The number of nitrogens with zero attached hydrogens (tertiary/aromatic N) is 2. The number of rotatable bonds is 3. The Kier molecular flexibility index (Phi) is 3.04. The van der Waals surface area contributed by atoms with Crippen LogP contribution in [0.1, 0.15) is 28.9 Å². The second-order valence-electron chi connectivity index (χ2n) is 3.61. The van der Waals surface area contributed by atoms with Gasteiger partial charge < -0.3 is 9.84 Å². The van der Waals surface area contributed by atoms with Gasteiger partial charge in [0.15, 0.2) is 0 Å². The number of halogens is 1. The maximum atomic E-state index is 11.2. The minimum atomic E-state index is -1.05. The summed E-state index contributed by atoms with van der Waals surface area (Å²) in [7, 11) is 1.52. The predicted molar refractivity (Wildman–Crippen MR) is 62.6 cm³/mol. The molecule has 0 aromatic carbocycles. The van der Waals surface area contributed by atoms with Crippen molar-refractivity contribution in [2.75, 3.05) is 7.11 Å². The molecular weight excluding hydrogens is 244 g/mol. The normalized spacial score (nSPS) is 12.9. The molecule has 1 N–H and O–H groups in total. The summed E-state index contributed by atoms with van der Waals surface area (Å²) < 4.78 is 6.74. The van der Waals surface area contributed by atoms with Gasteiger partial charge in [-0.15, -0.1) is 0 Å². The predicted octanol–water partition coefficient (Wildman–Crippen LogP) is 2.39. The number of aromatic carboxylic acids is 1. The van der Waals surface area contributed by atoms with Gasteiger partial charge in [-0.3, -0.25) is 0 Å². The van der Waals surface area contributed by atoms with Crippen LogP contribution in [0.25, 0.3) is 5.52 Å². The summed E-state index contributed by atoms with van der Waals surface area (Å²) in [5, 5.41) is 13.6. The zero-order chi connectivity index (χ0) is 12.6. The lowest BCUT2D eigenvalue weighted by molar-refractivity contribution is 0.0683. The number of aromatic nitrogens is 2. The number of hydrogen-bond acceptors (Lipinski definition) is 3.